The third-order valence-electron chi connectivity index (χ3n) is 4.13. The monoisotopic (exact) mass is 380 g/mol. The number of para-hydroxylation sites is 1. The predicted octanol–water partition coefficient (Wildman–Crippen LogP) is 4.67. The minimum absolute atomic E-state index is 0.271. The molecule has 0 radical (unpaired) electrons. The topological polar surface area (TPSA) is 66.9 Å². The number of aromatic nitrogens is 2. The lowest BCUT2D eigenvalue weighted by Gasteiger charge is -2.12. The zero-order chi connectivity index (χ0) is 19.2. The van der Waals surface area contributed by atoms with Crippen molar-refractivity contribution in [3.05, 3.63) is 82.3 Å². The zero-order valence-corrected chi connectivity index (χ0v) is 16.0. The van der Waals surface area contributed by atoms with Crippen molar-refractivity contribution < 1.29 is 4.79 Å². The average Bonchev–Trinajstić information content (AvgIpc) is 2.67. The molecule has 3 rings (SSSR count). The van der Waals surface area contributed by atoms with Crippen LogP contribution >= 0.6 is 11.6 Å². The van der Waals surface area contributed by atoms with E-state index in [4.69, 9.17) is 11.6 Å². The molecule has 1 heterocycles. The molecule has 0 saturated carbocycles. The maximum Gasteiger partial charge on any atom is 0.270 e. The molecule has 0 unspecified atom stereocenters. The summed E-state index contributed by atoms with van der Waals surface area (Å²) in [7, 11) is 0. The maximum atomic E-state index is 12.5. The van der Waals surface area contributed by atoms with Gasteiger partial charge in [-0.3, -0.25) is 4.79 Å². The Morgan fingerprint density at radius 1 is 1.04 bits per heavy atom. The van der Waals surface area contributed by atoms with Gasteiger partial charge in [-0.15, -0.1) is 0 Å². The molecule has 0 spiro atoms. The number of benzene rings is 2. The van der Waals surface area contributed by atoms with Crippen LogP contribution in [0.2, 0.25) is 5.02 Å². The number of hydrogen-bond donors (Lipinski definition) is 2. The van der Waals surface area contributed by atoms with Gasteiger partial charge in [-0.05, 0) is 36.6 Å². The van der Waals surface area contributed by atoms with Crippen molar-refractivity contribution in [2.75, 3.05) is 5.32 Å². The highest BCUT2D eigenvalue weighted by atomic mass is 35.5. The summed E-state index contributed by atoms with van der Waals surface area (Å²) in [5, 5.41) is 6.77. The van der Waals surface area contributed by atoms with E-state index in [0.717, 1.165) is 17.7 Å². The smallest absolute Gasteiger partial charge is 0.270 e. The minimum atomic E-state index is -0.271. The summed E-state index contributed by atoms with van der Waals surface area (Å²) in [6.45, 7) is 4.20. The first-order valence-corrected chi connectivity index (χ1v) is 9.17. The van der Waals surface area contributed by atoms with E-state index < -0.39 is 0 Å². The molecule has 1 amide bonds. The molecule has 3 aromatic rings. The van der Waals surface area contributed by atoms with Gasteiger partial charge in [0.2, 0.25) is 0 Å². The predicted molar refractivity (Wildman–Crippen MR) is 108 cm³/mol. The number of hydrogen-bond acceptors (Lipinski definition) is 4. The van der Waals surface area contributed by atoms with E-state index in [0.29, 0.717) is 28.9 Å². The largest absolute Gasteiger partial charge is 0.347 e. The molecule has 0 aliphatic heterocycles. The van der Waals surface area contributed by atoms with Crippen molar-refractivity contribution in [2.24, 2.45) is 0 Å². The van der Waals surface area contributed by atoms with Crippen LogP contribution in [0.15, 0.2) is 54.6 Å². The molecule has 0 aliphatic rings. The van der Waals surface area contributed by atoms with Crippen LogP contribution in [-0.2, 0) is 13.0 Å². The van der Waals surface area contributed by atoms with Gasteiger partial charge in [-0.2, -0.15) is 0 Å². The first-order chi connectivity index (χ1) is 13.1. The summed E-state index contributed by atoms with van der Waals surface area (Å²) in [6.07, 6.45) is 0.901. The molecular weight excluding hydrogens is 360 g/mol. The Morgan fingerprint density at radius 3 is 2.48 bits per heavy atom. The second-order valence-corrected chi connectivity index (χ2v) is 6.50. The van der Waals surface area contributed by atoms with Gasteiger partial charge < -0.3 is 10.6 Å². The quantitative estimate of drug-likeness (QED) is 0.651. The van der Waals surface area contributed by atoms with E-state index in [-0.39, 0.29) is 5.91 Å². The summed E-state index contributed by atoms with van der Waals surface area (Å²) < 4.78 is 0. The van der Waals surface area contributed by atoms with Crippen molar-refractivity contribution >= 4 is 29.0 Å². The summed E-state index contributed by atoms with van der Waals surface area (Å²) in [4.78, 5) is 21.2. The molecule has 0 aliphatic carbocycles. The van der Waals surface area contributed by atoms with E-state index in [1.165, 1.54) is 5.56 Å². The number of nitrogens with zero attached hydrogens (tertiary/aromatic N) is 2. The number of halogens is 1. The Hall–Kier alpha value is -2.92. The van der Waals surface area contributed by atoms with Crippen LogP contribution in [0.4, 0.5) is 11.5 Å². The van der Waals surface area contributed by atoms with Crippen LogP contribution in [0.3, 0.4) is 0 Å². The Kier molecular flexibility index (Phi) is 6.04. The van der Waals surface area contributed by atoms with Crippen molar-refractivity contribution in [3.8, 4) is 0 Å². The van der Waals surface area contributed by atoms with Gasteiger partial charge >= 0.3 is 0 Å². The standard InChI is InChI=1S/C21H21ClN4O/c1-3-15-8-5-7-11-18(15)26-20-12-19(24-14(2)25-20)21(27)23-13-16-9-4-6-10-17(16)22/h4-12H,3,13H2,1-2H3,(H,23,27)(H,24,25,26). The molecule has 138 valence electrons. The average molecular weight is 381 g/mol. The molecule has 2 aromatic carbocycles. The van der Waals surface area contributed by atoms with Crippen LogP contribution in [-0.4, -0.2) is 15.9 Å². The number of rotatable bonds is 6. The molecule has 0 bridgehead atoms. The van der Waals surface area contributed by atoms with E-state index in [2.05, 4.69) is 33.6 Å². The second-order valence-electron chi connectivity index (χ2n) is 6.10. The fraction of sp³-hybridized carbons (Fsp3) is 0.190. The van der Waals surface area contributed by atoms with Crippen LogP contribution in [0.25, 0.3) is 0 Å². The van der Waals surface area contributed by atoms with Crippen molar-refractivity contribution in [3.63, 3.8) is 0 Å². The molecule has 6 heteroatoms. The summed E-state index contributed by atoms with van der Waals surface area (Å²) in [5.74, 6) is 0.843. The van der Waals surface area contributed by atoms with Crippen LogP contribution < -0.4 is 10.6 Å². The molecule has 0 fully saturated rings. The van der Waals surface area contributed by atoms with Gasteiger partial charge in [0, 0.05) is 23.3 Å². The number of nitrogens with one attached hydrogen (secondary N) is 2. The maximum absolute atomic E-state index is 12.5. The van der Waals surface area contributed by atoms with Gasteiger partial charge in [-0.25, -0.2) is 9.97 Å². The van der Waals surface area contributed by atoms with Crippen LogP contribution in [0, 0.1) is 6.92 Å². The summed E-state index contributed by atoms with van der Waals surface area (Å²) >= 11 is 6.14. The normalized spacial score (nSPS) is 10.5. The first-order valence-electron chi connectivity index (χ1n) is 8.79. The third kappa shape index (κ3) is 4.83. The van der Waals surface area contributed by atoms with E-state index >= 15 is 0 Å². The fourth-order valence-electron chi connectivity index (χ4n) is 2.74. The van der Waals surface area contributed by atoms with Gasteiger partial charge in [0.05, 0.1) is 0 Å². The number of aryl methyl sites for hydroxylation is 2. The fourth-order valence-corrected chi connectivity index (χ4v) is 2.95. The van der Waals surface area contributed by atoms with Crippen LogP contribution in [0.5, 0.6) is 0 Å². The van der Waals surface area contributed by atoms with E-state index in [9.17, 15) is 4.79 Å². The SMILES string of the molecule is CCc1ccccc1Nc1cc(C(=O)NCc2ccccc2Cl)nc(C)n1. The highest BCUT2D eigenvalue weighted by Gasteiger charge is 2.12. The van der Waals surface area contributed by atoms with E-state index in [1.807, 2.05) is 36.4 Å². The second kappa shape index (κ2) is 8.64. The van der Waals surface area contributed by atoms with Crippen molar-refractivity contribution in [1.29, 1.82) is 0 Å². The number of carbonyl (C=O) groups excluding carboxylic acids is 1. The van der Waals surface area contributed by atoms with Crippen LogP contribution in [0.1, 0.15) is 34.4 Å². The number of carbonyl (C=O) groups is 1. The Morgan fingerprint density at radius 2 is 1.74 bits per heavy atom. The number of anilines is 2. The molecule has 0 saturated heterocycles. The molecule has 27 heavy (non-hydrogen) atoms. The third-order valence-corrected chi connectivity index (χ3v) is 4.50. The molecule has 0 atom stereocenters. The highest BCUT2D eigenvalue weighted by molar-refractivity contribution is 6.31. The Bertz CT molecular complexity index is 958. The van der Waals surface area contributed by atoms with Gasteiger partial charge in [0.1, 0.15) is 17.3 Å². The van der Waals surface area contributed by atoms with Gasteiger partial charge in [-0.1, -0.05) is 54.9 Å². The highest BCUT2D eigenvalue weighted by Crippen LogP contribution is 2.21. The summed E-state index contributed by atoms with van der Waals surface area (Å²) in [6, 6.07) is 17.1. The lowest BCUT2D eigenvalue weighted by molar-refractivity contribution is 0.0945. The molecule has 1 aromatic heterocycles. The van der Waals surface area contributed by atoms with Crippen molar-refractivity contribution in [2.45, 2.75) is 26.8 Å². The molecule has 2 N–H and O–H groups in total. The number of amides is 1. The molecule has 5 nitrogen and oxygen atoms in total. The lowest BCUT2D eigenvalue weighted by Crippen LogP contribution is -2.24. The minimum Gasteiger partial charge on any atom is -0.347 e. The van der Waals surface area contributed by atoms with Gasteiger partial charge in [0.15, 0.2) is 0 Å². The summed E-state index contributed by atoms with van der Waals surface area (Å²) in [5.41, 5.74) is 3.32. The first kappa shape index (κ1) is 18.9. The zero-order valence-electron chi connectivity index (χ0n) is 15.3. The lowest BCUT2D eigenvalue weighted by atomic mass is 10.1. The Labute approximate surface area is 163 Å². The molecular formula is C21H21ClN4O. The van der Waals surface area contributed by atoms with E-state index in [1.54, 1.807) is 19.1 Å². The van der Waals surface area contributed by atoms with Gasteiger partial charge in [0.25, 0.3) is 5.91 Å². The Balaban J connectivity index is 1.76. The van der Waals surface area contributed by atoms with Crippen molar-refractivity contribution in [1.82, 2.24) is 15.3 Å².